The van der Waals surface area contributed by atoms with Crippen LogP contribution in [0.4, 0.5) is 17.3 Å². The summed E-state index contributed by atoms with van der Waals surface area (Å²) < 4.78 is 29.9. The Hall–Kier alpha value is -3.73. The molecule has 0 bridgehead atoms. The third-order valence-corrected chi connectivity index (χ3v) is 23.1. The van der Waals surface area contributed by atoms with Crippen molar-refractivity contribution in [3.05, 3.63) is 126 Å². The van der Waals surface area contributed by atoms with E-state index in [2.05, 4.69) is 47.8 Å². The molecule has 1 fully saturated rings. The summed E-state index contributed by atoms with van der Waals surface area (Å²) in [6, 6.07) is 31.3. The zero-order chi connectivity index (χ0) is 32.4. The molecule has 1 amide bonds. The van der Waals surface area contributed by atoms with Gasteiger partial charge in [0.05, 0.1) is 27.3 Å². The number of anilines is 3. The summed E-state index contributed by atoms with van der Waals surface area (Å²) in [5.74, 6) is 2.63. The molecular weight excluding hydrogens is 733 g/mol. The van der Waals surface area contributed by atoms with Crippen LogP contribution in [-0.2, 0) is 21.2 Å². The number of hydrogen-bond donors (Lipinski definition) is 2. The van der Waals surface area contributed by atoms with E-state index in [9.17, 15) is 13.2 Å². The van der Waals surface area contributed by atoms with Gasteiger partial charge >= 0.3 is 147 Å². The molecule has 0 radical (unpaired) electrons. The monoisotopic (exact) mass is 759 g/mol. The molecule has 0 unspecified atom stereocenters. The predicted molar refractivity (Wildman–Crippen MR) is 196 cm³/mol. The summed E-state index contributed by atoms with van der Waals surface area (Å²) in [4.78, 5) is 22.1. The summed E-state index contributed by atoms with van der Waals surface area (Å²) in [5.41, 5.74) is 3.74. The Labute approximate surface area is 288 Å². The molecule has 3 heterocycles. The molecular formula is C34H27AsClN5O3S3. The summed E-state index contributed by atoms with van der Waals surface area (Å²) in [5, 5.41) is 7.17. The van der Waals surface area contributed by atoms with E-state index in [1.165, 1.54) is 26.0 Å². The van der Waals surface area contributed by atoms with Gasteiger partial charge in [-0.25, -0.2) is 22.4 Å². The summed E-state index contributed by atoms with van der Waals surface area (Å²) in [6.07, 6.45) is 3.23. The van der Waals surface area contributed by atoms with E-state index in [1.807, 2.05) is 48.5 Å². The van der Waals surface area contributed by atoms with Crippen LogP contribution in [0.5, 0.6) is 0 Å². The standard InChI is InChI=1S/C34H27AsClN5O3S3/c36-30-21-37-34(40-33(30)29-22-41(31-12-5-4-11-28(29)31)47(43,44)27-9-2-1-3-10-27)39-26-8-6-7-23(19-26)20-32(42)38-25-15-13-24(14-16-25)35-45-17-18-46-35/h1-16,19,21-22H,17-18,20H2,(H,38,42)(H,37,39,40). The van der Waals surface area contributed by atoms with E-state index in [0.717, 1.165) is 11.3 Å². The van der Waals surface area contributed by atoms with Gasteiger partial charge in [-0.3, -0.25) is 0 Å². The maximum atomic E-state index is 13.6. The van der Waals surface area contributed by atoms with Gasteiger partial charge in [0, 0.05) is 17.1 Å². The number of fused-ring (bicyclic) bond motifs is 1. The first kappa shape index (κ1) is 31.8. The quantitative estimate of drug-likeness (QED) is 0.151. The molecule has 1 saturated heterocycles. The minimum atomic E-state index is -3.88. The van der Waals surface area contributed by atoms with Crippen LogP contribution in [0.15, 0.2) is 120 Å². The number of benzene rings is 4. The number of carbonyl (C=O) groups is 1. The number of aromatic nitrogens is 3. The number of nitrogens with one attached hydrogen (secondary N) is 2. The second-order valence-electron chi connectivity index (χ2n) is 10.6. The number of carbonyl (C=O) groups excluding carboxylic acids is 1. The average molecular weight is 760 g/mol. The van der Waals surface area contributed by atoms with Crippen molar-refractivity contribution in [1.29, 1.82) is 0 Å². The molecule has 0 saturated carbocycles. The number of hydrogen-bond acceptors (Lipinski definition) is 8. The van der Waals surface area contributed by atoms with Gasteiger partial charge in [-0.05, 0) is 18.2 Å². The zero-order valence-electron chi connectivity index (χ0n) is 24.7. The minimum absolute atomic E-state index is 0.107. The summed E-state index contributed by atoms with van der Waals surface area (Å²) >= 11 is 5.57. The topological polar surface area (TPSA) is 106 Å². The number of amides is 1. The van der Waals surface area contributed by atoms with Crippen molar-refractivity contribution >= 4 is 92.5 Å². The first-order chi connectivity index (χ1) is 22.8. The number of halogens is 1. The second kappa shape index (κ2) is 13.8. The van der Waals surface area contributed by atoms with E-state index in [1.54, 1.807) is 48.7 Å². The van der Waals surface area contributed by atoms with Gasteiger partial charge < -0.3 is 0 Å². The van der Waals surface area contributed by atoms with Crippen molar-refractivity contribution in [2.45, 2.75) is 11.3 Å². The predicted octanol–water partition coefficient (Wildman–Crippen LogP) is 7.09. The molecule has 236 valence electrons. The van der Waals surface area contributed by atoms with E-state index in [0.29, 0.717) is 27.8 Å². The Morgan fingerprint density at radius 3 is 2.43 bits per heavy atom. The van der Waals surface area contributed by atoms with E-state index >= 15 is 0 Å². The van der Waals surface area contributed by atoms with Crippen LogP contribution in [0.2, 0.25) is 5.02 Å². The van der Waals surface area contributed by atoms with Gasteiger partial charge in [0.15, 0.2) is 0 Å². The molecule has 6 aromatic rings. The fourth-order valence-corrected chi connectivity index (χ4v) is 20.9. The Bertz CT molecular complexity index is 2190. The van der Waals surface area contributed by atoms with Gasteiger partial charge in [-0.15, -0.1) is 0 Å². The van der Waals surface area contributed by atoms with Crippen LogP contribution < -0.4 is 15.0 Å². The zero-order valence-corrected chi connectivity index (χ0v) is 29.8. The van der Waals surface area contributed by atoms with Crippen molar-refractivity contribution in [2.24, 2.45) is 0 Å². The normalized spacial score (nSPS) is 13.6. The average Bonchev–Trinajstić information content (AvgIpc) is 3.76. The van der Waals surface area contributed by atoms with E-state index in [4.69, 9.17) is 16.6 Å². The van der Waals surface area contributed by atoms with Crippen LogP contribution in [0.3, 0.4) is 0 Å². The molecule has 8 nitrogen and oxygen atoms in total. The van der Waals surface area contributed by atoms with Crippen molar-refractivity contribution in [2.75, 3.05) is 22.1 Å². The third-order valence-electron chi connectivity index (χ3n) is 7.39. The number of rotatable bonds is 9. The van der Waals surface area contributed by atoms with Crippen LogP contribution >= 0.6 is 31.6 Å². The molecule has 2 aromatic heterocycles. The Kier molecular flexibility index (Phi) is 9.34. The van der Waals surface area contributed by atoms with Crippen molar-refractivity contribution < 1.29 is 13.2 Å². The maximum absolute atomic E-state index is 13.6. The molecule has 13 heteroatoms. The van der Waals surface area contributed by atoms with Gasteiger partial charge in [-0.2, -0.15) is 0 Å². The molecule has 1 aliphatic rings. The fourth-order valence-electron chi connectivity index (χ4n) is 5.23. The van der Waals surface area contributed by atoms with Crippen molar-refractivity contribution in [3.63, 3.8) is 0 Å². The molecule has 2 N–H and O–H groups in total. The Balaban J connectivity index is 1.10. The van der Waals surface area contributed by atoms with Gasteiger partial charge in [-0.1, -0.05) is 48.0 Å². The molecule has 0 spiro atoms. The van der Waals surface area contributed by atoms with Gasteiger partial charge in [0.25, 0.3) is 10.0 Å². The molecule has 4 aromatic carbocycles. The fraction of sp³-hybridized carbons (Fsp3) is 0.0882. The third kappa shape index (κ3) is 6.96. The van der Waals surface area contributed by atoms with Crippen molar-refractivity contribution in [1.82, 2.24) is 13.9 Å². The van der Waals surface area contributed by atoms with Crippen LogP contribution in [0, 0.1) is 0 Å². The van der Waals surface area contributed by atoms with Crippen LogP contribution in [0.25, 0.3) is 22.2 Å². The SMILES string of the molecule is O=C(Cc1cccc(Nc2ncc(Cl)c(-c3cn(S(=O)(=O)c4ccccc4)c4ccccc34)n2)c1)Nc1ccc([As]2SCCS2)cc1. The molecule has 0 atom stereocenters. The molecule has 1 aliphatic heterocycles. The van der Waals surface area contributed by atoms with Gasteiger partial charge in [0.2, 0.25) is 0 Å². The molecule has 0 aliphatic carbocycles. The summed E-state index contributed by atoms with van der Waals surface area (Å²) in [7, 11) is 0.312. The van der Waals surface area contributed by atoms with E-state index < -0.39 is 22.4 Å². The molecule has 47 heavy (non-hydrogen) atoms. The van der Waals surface area contributed by atoms with Crippen molar-refractivity contribution in [3.8, 4) is 11.3 Å². The Morgan fingerprint density at radius 2 is 1.64 bits per heavy atom. The number of para-hydroxylation sites is 1. The first-order valence-corrected chi connectivity index (χ1v) is 23.8. The van der Waals surface area contributed by atoms with Crippen LogP contribution in [-0.4, -0.2) is 52.1 Å². The van der Waals surface area contributed by atoms with Crippen LogP contribution in [0.1, 0.15) is 5.56 Å². The Morgan fingerprint density at radius 1 is 0.894 bits per heavy atom. The van der Waals surface area contributed by atoms with E-state index in [-0.39, 0.29) is 28.2 Å². The first-order valence-electron chi connectivity index (χ1n) is 14.6. The number of nitrogens with zero attached hydrogens (tertiary/aromatic N) is 3. The molecule has 7 rings (SSSR count). The summed E-state index contributed by atoms with van der Waals surface area (Å²) in [6.45, 7) is 0. The van der Waals surface area contributed by atoms with Gasteiger partial charge in [0.1, 0.15) is 0 Å². The second-order valence-corrected chi connectivity index (χ2v) is 24.5.